The van der Waals surface area contributed by atoms with E-state index in [2.05, 4.69) is 22.1 Å². The van der Waals surface area contributed by atoms with Gasteiger partial charge in [0.05, 0.1) is 11.7 Å². The molecule has 0 spiro atoms. The lowest BCUT2D eigenvalue weighted by atomic mass is 10.0. The molecule has 3 aromatic carbocycles. The fourth-order valence-electron chi connectivity index (χ4n) is 3.76. The van der Waals surface area contributed by atoms with Gasteiger partial charge in [-0.3, -0.25) is 0 Å². The first-order chi connectivity index (χ1) is 14.3. The molecule has 1 atom stereocenters. The molecule has 29 heavy (non-hydrogen) atoms. The highest BCUT2D eigenvalue weighted by Crippen LogP contribution is 2.34. The smallest absolute Gasteiger partial charge is 0.127 e. The van der Waals surface area contributed by atoms with Crippen molar-refractivity contribution in [2.45, 2.75) is 12.5 Å². The minimum absolute atomic E-state index is 0.184. The van der Waals surface area contributed by atoms with Gasteiger partial charge in [0.15, 0.2) is 0 Å². The average Bonchev–Trinajstić information content (AvgIpc) is 3.19. The van der Waals surface area contributed by atoms with Crippen LogP contribution in [0.4, 0.5) is 11.5 Å². The van der Waals surface area contributed by atoms with Crippen molar-refractivity contribution in [3.05, 3.63) is 90.5 Å². The predicted molar refractivity (Wildman–Crippen MR) is 116 cm³/mol. The molecule has 1 aliphatic heterocycles. The van der Waals surface area contributed by atoms with Crippen LogP contribution in [-0.4, -0.2) is 16.3 Å². The number of anilines is 2. The first-order valence-corrected chi connectivity index (χ1v) is 9.78. The van der Waals surface area contributed by atoms with Crippen molar-refractivity contribution < 1.29 is 4.74 Å². The highest BCUT2D eigenvalue weighted by atomic mass is 16.5. The summed E-state index contributed by atoms with van der Waals surface area (Å²) in [5.41, 5.74) is 9.96. The number of hydrogen-bond donors (Lipinski definition) is 2. The van der Waals surface area contributed by atoms with Gasteiger partial charge in [0.25, 0.3) is 0 Å². The van der Waals surface area contributed by atoms with Crippen LogP contribution < -0.4 is 15.8 Å². The second-order valence-corrected chi connectivity index (χ2v) is 7.20. The Labute approximate surface area is 169 Å². The summed E-state index contributed by atoms with van der Waals surface area (Å²) in [6, 6.07) is 28.2. The average molecular weight is 382 g/mol. The van der Waals surface area contributed by atoms with E-state index in [1.165, 1.54) is 5.56 Å². The van der Waals surface area contributed by atoms with Gasteiger partial charge in [0.2, 0.25) is 0 Å². The number of ether oxygens (including phenoxy) is 1. The lowest BCUT2D eigenvalue weighted by Gasteiger charge is -2.26. The summed E-state index contributed by atoms with van der Waals surface area (Å²) in [6.45, 7) is 0.911. The van der Waals surface area contributed by atoms with Crippen LogP contribution in [0, 0.1) is 0 Å². The van der Waals surface area contributed by atoms with Gasteiger partial charge < -0.3 is 15.8 Å². The summed E-state index contributed by atoms with van der Waals surface area (Å²) in [5, 5.41) is 8.35. The van der Waals surface area contributed by atoms with Crippen molar-refractivity contribution in [1.29, 1.82) is 0 Å². The summed E-state index contributed by atoms with van der Waals surface area (Å²) < 4.78 is 7.96. The number of aromatic nitrogens is 2. The van der Waals surface area contributed by atoms with Crippen molar-refractivity contribution in [1.82, 2.24) is 9.78 Å². The number of fused-ring (bicyclic) bond motifs is 1. The first-order valence-electron chi connectivity index (χ1n) is 9.78. The Hall–Kier alpha value is -3.73. The molecule has 0 bridgehead atoms. The monoisotopic (exact) mass is 382 g/mol. The number of para-hydroxylation sites is 1. The first kappa shape index (κ1) is 17.4. The Morgan fingerprint density at radius 3 is 2.48 bits per heavy atom. The normalized spacial score (nSPS) is 15.4. The number of nitrogen functional groups attached to an aromatic ring is 1. The second-order valence-electron chi connectivity index (χ2n) is 7.20. The van der Waals surface area contributed by atoms with Crippen LogP contribution in [0.5, 0.6) is 11.5 Å². The fraction of sp³-hybridized carbons (Fsp3) is 0.125. The van der Waals surface area contributed by atoms with E-state index in [0.717, 1.165) is 47.2 Å². The third-order valence-electron chi connectivity index (χ3n) is 5.18. The summed E-state index contributed by atoms with van der Waals surface area (Å²) in [7, 11) is 0. The maximum atomic E-state index is 5.99. The van der Waals surface area contributed by atoms with Crippen molar-refractivity contribution in [3.8, 4) is 22.8 Å². The van der Waals surface area contributed by atoms with Crippen molar-refractivity contribution in [2.24, 2.45) is 0 Å². The van der Waals surface area contributed by atoms with Gasteiger partial charge in [-0.2, -0.15) is 5.10 Å². The van der Waals surface area contributed by atoms with Crippen molar-refractivity contribution >= 4 is 11.5 Å². The molecule has 1 unspecified atom stereocenters. The van der Waals surface area contributed by atoms with Crippen molar-refractivity contribution in [2.75, 3.05) is 17.6 Å². The fourth-order valence-corrected chi connectivity index (χ4v) is 3.76. The zero-order valence-electron chi connectivity index (χ0n) is 16.0. The molecule has 0 radical (unpaired) electrons. The molecule has 0 saturated carbocycles. The maximum Gasteiger partial charge on any atom is 0.127 e. The molecule has 4 aromatic rings. The molecule has 0 aliphatic carbocycles. The van der Waals surface area contributed by atoms with Gasteiger partial charge in [-0.1, -0.05) is 30.3 Å². The molecular weight excluding hydrogens is 360 g/mol. The van der Waals surface area contributed by atoms with Crippen LogP contribution in [0.3, 0.4) is 0 Å². The van der Waals surface area contributed by atoms with E-state index in [9.17, 15) is 0 Å². The summed E-state index contributed by atoms with van der Waals surface area (Å²) in [5.74, 6) is 2.66. The third-order valence-corrected chi connectivity index (χ3v) is 5.18. The highest BCUT2D eigenvalue weighted by molar-refractivity contribution is 5.64. The summed E-state index contributed by atoms with van der Waals surface area (Å²) in [6.07, 6.45) is 0.974. The molecule has 5 nitrogen and oxygen atoms in total. The zero-order valence-corrected chi connectivity index (χ0v) is 16.0. The Balaban J connectivity index is 1.41. The minimum atomic E-state index is 0.184. The standard InChI is InChI=1S/C24H22N4O/c25-19-6-4-5-18(15-19)23-13-14-26-24-16-22(27-28(23)24)17-9-11-21(12-10-17)29-20-7-2-1-3-8-20/h1-12,15-16,23,26H,13-14,25H2. The molecule has 0 saturated heterocycles. The second kappa shape index (κ2) is 7.36. The van der Waals surface area contributed by atoms with E-state index in [1.807, 2.05) is 72.8 Å². The van der Waals surface area contributed by atoms with Gasteiger partial charge in [0.1, 0.15) is 17.3 Å². The number of nitrogens with one attached hydrogen (secondary N) is 1. The Bertz CT molecular complexity index is 1120. The molecule has 0 amide bonds. The van der Waals surface area contributed by atoms with Crippen LogP contribution >= 0.6 is 0 Å². The van der Waals surface area contributed by atoms with E-state index in [1.54, 1.807) is 0 Å². The highest BCUT2D eigenvalue weighted by Gasteiger charge is 2.23. The molecule has 5 heteroatoms. The Morgan fingerprint density at radius 1 is 0.897 bits per heavy atom. The number of nitrogens with two attached hydrogens (primary N) is 1. The van der Waals surface area contributed by atoms with Crippen molar-refractivity contribution in [3.63, 3.8) is 0 Å². The van der Waals surface area contributed by atoms with Crippen LogP contribution in [-0.2, 0) is 0 Å². The molecule has 0 fully saturated rings. The van der Waals surface area contributed by atoms with E-state index in [0.29, 0.717) is 0 Å². The number of nitrogens with zero attached hydrogens (tertiary/aromatic N) is 2. The molecule has 5 rings (SSSR count). The molecule has 144 valence electrons. The van der Waals surface area contributed by atoms with Gasteiger partial charge >= 0.3 is 0 Å². The molecule has 2 heterocycles. The van der Waals surface area contributed by atoms with Gasteiger partial charge in [-0.15, -0.1) is 0 Å². The van der Waals surface area contributed by atoms with Gasteiger partial charge in [-0.25, -0.2) is 4.68 Å². The molecule has 1 aromatic heterocycles. The number of benzene rings is 3. The van der Waals surface area contributed by atoms with Gasteiger partial charge in [0, 0.05) is 23.9 Å². The van der Waals surface area contributed by atoms with Crippen LogP contribution in [0.15, 0.2) is 84.9 Å². The lowest BCUT2D eigenvalue weighted by molar-refractivity contribution is 0.482. The summed E-state index contributed by atoms with van der Waals surface area (Å²) in [4.78, 5) is 0. The Morgan fingerprint density at radius 2 is 1.69 bits per heavy atom. The number of hydrogen-bond acceptors (Lipinski definition) is 4. The third kappa shape index (κ3) is 3.55. The predicted octanol–water partition coefficient (Wildman–Crippen LogP) is 5.33. The van der Waals surface area contributed by atoms with E-state index >= 15 is 0 Å². The molecule has 1 aliphatic rings. The largest absolute Gasteiger partial charge is 0.457 e. The van der Waals surface area contributed by atoms with E-state index in [-0.39, 0.29) is 6.04 Å². The Kier molecular flexibility index (Phi) is 4.41. The van der Waals surface area contributed by atoms with Crippen LogP contribution in [0.2, 0.25) is 0 Å². The van der Waals surface area contributed by atoms with Crippen LogP contribution in [0.25, 0.3) is 11.3 Å². The quantitative estimate of drug-likeness (QED) is 0.468. The van der Waals surface area contributed by atoms with Gasteiger partial charge in [-0.05, 0) is 60.5 Å². The maximum absolute atomic E-state index is 5.99. The topological polar surface area (TPSA) is 65.1 Å². The van der Waals surface area contributed by atoms with E-state index < -0.39 is 0 Å². The summed E-state index contributed by atoms with van der Waals surface area (Å²) >= 11 is 0. The van der Waals surface area contributed by atoms with Crippen LogP contribution in [0.1, 0.15) is 18.0 Å². The SMILES string of the molecule is Nc1cccc(C2CCNc3cc(-c4ccc(Oc5ccccc5)cc4)nn32)c1. The number of rotatable bonds is 4. The minimum Gasteiger partial charge on any atom is -0.457 e. The molecular formula is C24H22N4O. The molecule has 3 N–H and O–H groups in total. The van der Waals surface area contributed by atoms with E-state index in [4.69, 9.17) is 15.6 Å². The lowest BCUT2D eigenvalue weighted by Crippen LogP contribution is -2.24. The zero-order chi connectivity index (χ0) is 19.6.